The molecule has 1 heterocycles. The van der Waals surface area contributed by atoms with Crippen molar-refractivity contribution in [3.05, 3.63) is 94.7 Å². The largest absolute Gasteiger partial charge is 0.490 e. The molecule has 150 valence electrons. The van der Waals surface area contributed by atoms with Gasteiger partial charge in [-0.1, -0.05) is 54.1 Å². The number of furan rings is 1. The van der Waals surface area contributed by atoms with E-state index < -0.39 is 5.91 Å². The lowest BCUT2D eigenvalue weighted by molar-refractivity contribution is 0.0998. The zero-order chi connectivity index (χ0) is 21.1. The second-order valence-corrected chi connectivity index (χ2v) is 6.99. The number of rotatable bonds is 6. The van der Waals surface area contributed by atoms with E-state index in [-0.39, 0.29) is 11.5 Å². The highest BCUT2D eigenvalue weighted by molar-refractivity contribution is 6.31. The molecule has 0 spiro atoms. The van der Waals surface area contributed by atoms with E-state index in [1.54, 1.807) is 54.6 Å². The quantitative estimate of drug-likeness (QED) is 0.391. The fourth-order valence-electron chi connectivity index (χ4n) is 3.16. The molecule has 0 aliphatic rings. The van der Waals surface area contributed by atoms with Crippen molar-refractivity contribution in [1.29, 1.82) is 0 Å². The van der Waals surface area contributed by atoms with Crippen molar-refractivity contribution in [2.75, 3.05) is 11.9 Å². The summed E-state index contributed by atoms with van der Waals surface area (Å²) < 4.78 is 11.3. The van der Waals surface area contributed by atoms with Crippen molar-refractivity contribution in [3.8, 4) is 5.75 Å². The fraction of sp³-hybridized carbons (Fsp3) is 0.0833. The molecule has 0 saturated heterocycles. The molecule has 1 amide bonds. The van der Waals surface area contributed by atoms with Crippen molar-refractivity contribution in [2.24, 2.45) is 0 Å². The van der Waals surface area contributed by atoms with Crippen LogP contribution in [0.2, 0.25) is 5.02 Å². The Morgan fingerprint density at radius 1 is 1.00 bits per heavy atom. The molecule has 0 fully saturated rings. The highest BCUT2D eigenvalue weighted by Gasteiger charge is 2.19. The van der Waals surface area contributed by atoms with E-state index >= 15 is 0 Å². The van der Waals surface area contributed by atoms with Crippen LogP contribution in [0.4, 0.5) is 5.69 Å². The number of benzene rings is 3. The minimum absolute atomic E-state index is 0.116. The zero-order valence-electron chi connectivity index (χ0n) is 16.1. The second kappa shape index (κ2) is 8.43. The molecule has 0 unspecified atom stereocenters. The molecule has 5 nitrogen and oxygen atoms in total. The maximum Gasteiger partial charge on any atom is 0.291 e. The van der Waals surface area contributed by atoms with Crippen LogP contribution in [0.3, 0.4) is 0 Å². The standard InChI is InChI=1S/C24H18ClNO4/c1-2-29-20-10-6-9-16-13-21(30-23(16)20)24(28)26-19-12-11-17(25)14-18(19)22(27)15-7-4-3-5-8-15/h3-14H,2H2,1H3,(H,26,28). The molecule has 1 aromatic heterocycles. The van der Waals surface area contributed by atoms with Crippen LogP contribution in [-0.2, 0) is 0 Å². The van der Waals surface area contributed by atoms with Gasteiger partial charge in [-0.3, -0.25) is 9.59 Å². The van der Waals surface area contributed by atoms with Gasteiger partial charge in [-0.05, 0) is 37.3 Å². The molecule has 0 atom stereocenters. The normalized spacial score (nSPS) is 10.7. The van der Waals surface area contributed by atoms with E-state index in [4.69, 9.17) is 20.8 Å². The smallest absolute Gasteiger partial charge is 0.291 e. The van der Waals surface area contributed by atoms with Gasteiger partial charge in [0, 0.05) is 21.5 Å². The number of nitrogens with one attached hydrogen (secondary N) is 1. The van der Waals surface area contributed by atoms with Gasteiger partial charge < -0.3 is 14.5 Å². The number of ketones is 1. The molecule has 0 aliphatic carbocycles. The number of ether oxygens (including phenoxy) is 1. The fourth-order valence-corrected chi connectivity index (χ4v) is 3.33. The summed E-state index contributed by atoms with van der Waals surface area (Å²) in [7, 11) is 0. The predicted octanol–water partition coefficient (Wildman–Crippen LogP) is 5.97. The minimum atomic E-state index is -0.474. The highest BCUT2D eigenvalue weighted by Crippen LogP contribution is 2.30. The lowest BCUT2D eigenvalue weighted by Crippen LogP contribution is -2.14. The summed E-state index contributed by atoms with van der Waals surface area (Å²) in [6.45, 7) is 2.36. The van der Waals surface area contributed by atoms with Gasteiger partial charge >= 0.3 is 0 Å². The van der Waals surface area contributed by atoms with E-state index in [1.165, 1.54) is 0 Å². The maximum atomic E-state index is 12.9. The SMILES string of the molecule is CCOc1cccc2cc(C(=O)Nc3ccc(Cl)cc3C(=O)c3ccccc3)oc12. The van der Waals surface area contributed by atoms with E-state index in [1.807, 2.05) is 25.1 Å². The number of fused-ring (bicyclic) bond motifs is 1. The molecule has 4 rings (SSSR count). The lowest BCUT2D eigenvalue weighted by Gasteiger charge is -2.10. The monoisotopic (exact) mass is 419 g/mol. The van der Waals surface area contributed by atoms with Gasteiger partial charge in [0.2, 0.25) is 0 Å². The van der Waals surface area contributed by atoms with Crippen LogP contribution in [0.25, 0.3) is 11.0 Å². The minimum Gasteiger partial charge on any atom is -0.490 e. The molecule has 0 radical (unpaired) electrons. The van der Waals surface area contributed by atoms with Crippen LogP contribution in [0, 0.1) is 0 Å². The van der Waals surface area contributed by atoms with Gasteiger partial charge in [0.05, 0.1) is 12.3 Å². The Morgan fingerprint density at radius 3 is 2.57 bits per heavy atom. The van der Waals surface area contributed by atoms with Crippen LogP contribution >= 0.6 is 11.6 Å². The van der Waals surface area contributed by atoms with Gasteiger partial charge in [0.15, 0.2) is 22.9 Å². The number of para-hydroxylation sites is 1. The predicted molar refractivity (Wildman–Crippen MR) is 117 cm³/mol. The molecule has 1 N–H and O–H groups in total. The summed E-state index contributed by atoms with van der Waals surface area (Å²) in [5.74, 6) is -0.0274. The first-order chi connectivity index (χ1) is 14.6. The number of hydrogen-bond donors (Lipinski definition) is 1. The molecule has 6 heteroatoms. The van der Waals surface area contributed by atoms with E-state index in [9.17, 15) is 9.59 Å². The highest BCUT2D eigenvalue weighted by atomic mass is 35.5. The van der Waals surface area contributed by atoms with E-state index in [0.717, 1.165) is 5.39 Å². The molecule has 0 aliphatic heterocycles. The molecule has 0 saturated carbocycles. The molecular weight excluding hydrogens is 402 g/mol. The molecule has 0 bridgehead atoms. The Hall–Kier alpha value is -3.57. The molecule has 4 aromatic rings. The van der Waals surface area contributed by atoms with Gasteiger partial charge in [-0.25, -0.2) is 0 Å². The third-order valence-corrected chi connectivity index (χ3v) is 4.78. The van der Waals surface area contributed by atoms with Crippen molar-refractivity contribution in [2.45, 2.75) is 6.92 Å². The van der Waals surface area contributed by atoms with Crippen LogP contribution in [-0.4, -0.2) is 18.3 Å². The Labute approximate surface area is 178 Å². The van der Waals surface area contributed by atoms with Crippen LogP contribution in [0.1, 0.15) is 33.4 Å². The van der Waals surface area contributed by atoms with E-state index in [2.05, 4.69) is 5.32 Å². The lowest BCUT2D eigenvalue weighted by atomic mass is 10.0. The Kier molecular flexibility index (Phi) is 5.55. The number of anilines is 1. The van der Waals surface area contributed by atoms with Crippen LogP contribution in [0.15, 0.2) is 77.2 Å². The topological polar surface area (TPSA) is 68.5 Å². The van der Waals surface area contributed by atoms with Crippen molar-refractivity contribution in [1.82, 2.24) is 0 Å². The first kappa shape index (κ1) is 19.7. The summed E-state index contributed by atoms with van der Waals surface area (Å²) in [5.41, 5.74) is 1.65. The Morgan fingerprint density at radius 2 is 1.80 bits per heavy atom. The van der Waals surface area contributed by atoms with Gasteiger partial charge in [-0.2, -0.15) is 0 Å². The average molecular weight is 420 g/mol. The average Bonchev–Trinajstić information content (AvgIpc) is 3.21. The number of carbonyl (C=O) groups is 2. The summed E-state index contributed by atoms with van der Waals surface area (Å²) in [4.78, 5) is 25.8. The van der Waals surface area contributed by atoms with Crippen LogP contribution < -0.4 is 10.1 Å². The number of amides is 1. The second-order valence-electron chi connectivity index (χ2n) is 6.56. The first-order valence-electron chi connectivity index (χ1n) is 9.43. The maximum absolute atomic E-state index is 12.9. The Balaban J connectivity index is 1.66. The van der Waals surface area contributed by atoms with E-state index in [0.29, 0.717) is 39.8 Å². The van der Waals surface area contributed by atoms with Crippen molar-refractivity contribution in [3.63, 3.8) is 0 Å². The summed E-state index contributed by atoms with van der Waals surface area (Å²) >= 11 is 6.11. The van der Waals surface area contributed by atoms with Gasteiger partial charge in [-0.15, -0.1) is 0 Å². The third kappa shape index (κ3) is 3.93. The molecule has 3 aromatic carbocycles. The first-order valence-corrected chi connectivity index (χ1v) is 9.80. The number of carbonyl (C=O) groups excluding carboxylic acids is 2. The zero-order valence-corrected chi connectivity index (χ0v) is 16.9. The molecular formula is C24H18ClNO4. The number of halogens is 1. The summed E-state index contributed by atoms with van der Waals surface area (Å²) in [6.07, 6.45) is 0. The summed E-state index contributed by atoms with van der Waals surface area (Å²) in [6, 6.07) is 20.7. The van der Waals surface area contributed by atoms with Crippen LogP contribution in [0.5, 0.6) is 5.75 Å². The van der Waals surface area contributed by atoms with Gasteiger partial charge in [0.25, 0.3) is 5.91 Å². The summed E-state index contributed by atoms with van der Waals surface area (Å²) in [5, 5.41) is 3.92. The Bertz CT molecular complexity index is 1230. The molecule has 30 heavy (non-hydrogen) atoms. The third-order valence-electron chi connectivity index (χ3n) is 4.54. The van der Waals surface area contributed by atoms with Crippen molar-refractivity contribution < 1.29 is 18.7 Å². The number of hydrogen-bond acceptors (Lipinski definition) is 4. The van der Waals surface area contributed by atoms with Gasteiger partial charge in [0.1, 0.15) is 0 Å². The van der Waals surface area contributed by atoms with Crippen molar-refractivity contribution >= 4 is 39.9 Å².